The Balaban J connectivity index is 1.91. The molecular weight excluding hydrogens is 350 g/mol. The summed E-state index contributed by atoms with van der Waals surface area (Å²) in [5.41, 5.74) is 1.59. The first-order valence-corrected chi connectivity index (χ1v) is 7.25. The predicted octanol–water partition coefficient (Wildman–Crippen LogP) is 2.94. The van der Waals surface area contributed by atoms with Crippen molar-refractivity contribution < 1.29 is 19.5 Å². The predicted molar refractivity (Wildman–Crippen MR) is 81.7 cm³/mol. The standard InChI is InChI=1S/C16H10BrNO4/c17-13-7-9(16(21)22)5-6-10(13)8-18-14(19)11-3-1-2-4-12(11)15(18)20/h1-7H,8H2,(H,21,22). The minimum absolute atomic E-state index is 0.0901. The Hall–Kier alpha value is -2.47. The molecule has 2 amide bonds. The number of carboxylic acid groups (broad SMARTS) is 1. The normalized spacial score (nSPS) is 13.4. The molecule has 1 heterocycles. The highest BCUT2D eigenvalue weighted by Crippen LogP contribution is 2.27. The van der Waals surface area contributed by atoms with Crippen LogP contribution >= 0.6 is 15.9 Å². The van der Waals surface area contributed by atoms with Crippen molar-refractivity contribution in [1.29, 1.82) is 0 Å². The van der Waals surface area contributed by atoms with E-state index in [1.165, 1.54) is 12.1 Å². The number of aromatic carboxylic acids is 1. The summed E-state index contributed by atoms with van der Waals surface area (Å²) in [7, 11) is 0. The SMILES string of the molecule is O=C(O)c1ccc(CN2C(=O)c3ccccc3C2=O)c(Br)c1. The number of hydrogen-bond donors (Lipinski definition) is 1. The van der Waals surface area contributed by atoms with Crippen LogP contribution in [0.15, 0.2) is 46.9 Å². The molecule has 5 nitrogen and oxygen atoms in total. The van der Waals surface area contributed by atoms with Gasteiger partial charge in [-0.25, -0.2) is 4.79 Å². The molecule has 2 aromatic carbocycles. The van der Waals surface area contributed by atoms with Crippen molar-refractivity contribution in [3.63, 3.8) is 0 Å². The summed E-state index contributed by atoms with van der Waals surface area (Å²) in [6.45, 7) is 0.0901. The van der Waals surface area contributed by atoms with E-state index in [1.807, 2.05) is 0 Å². The van der Waals surface area contributed by atoms with Crippen molar-refractivity contribution in [1.82, 2.24) is 4.90 Å². The molecule has 0 aliphatic carbocycles. The molecule has 1 aliphatic heterocycles. The van der Waals surface area contributed by atoms with Gasteiger partial charge in [-0.3, -0.25) is 14.5 Å². The molecule has 0 saturated heterocycles. The van der Waals surface area contributed by atoms with Gasteiger partial charge in [-0.05, 0) is 29.8 Å². The average molecular weight is 360 g/mol. The number of hydrogen-bond acceptors (Lipinski definition) is 3. The quantitative estimate of drug-likeness (QED) is 0.854. The molecule has 0 saturated carbocycles. The van der Waals surface area contributed by atoms with Gasteiger partial charge in [0.1, 0.15) is 0 Å². The summed E-state index contributed by atoms with van der Waals surface area (Å²) in [5, 5.41) is 8.95. The molecule has 3 rings (SSSR count). The molecule has 0 fully saturated rings. The van der Waals surface area contributed by atoms with Crippen LogP contribution < -0.4 is 0 Å². The van der Waals surface area contributed by atoms with Gasteiger partial charge < -0.3 is 5.11 Å². The van der Waals surface area contributed by atoms with E-state index in [1.54, 1.807) is 30.3 Å². The third kappa shape index (κ3) is 2.31. The number of amides is 2. The van der Waals surface area contributed by atoms with Crippen LogP contribution in [-0.4, -0.2) is 27.8 Å². The Bertz CT molecular complexity index is 781. The number of rotatable bonds is 3. The molecule has 0 radical (unpaired) electrons. The van der Waals surface area contributed by atoms with Crippen molar-refractivity contribution in [3.8, 4) is 0 Å². The third-order valence-corrected chi connectivity index (χ3v) is 4.24. The number of carbonyl (C=O) groups is 3. The second kappa shape index (κ2) is 5.38. The number of benzene rings is 2. The maximum absolute atomic E-state index is 12.3. The van der Waals surface area contributed by atoms with Crippen molar-refractivity contribution >= 4 is 33.7 Å². The van der Waals surface area contributed by atoms with Crippen LogP contribution in [0.3, 0.4) is 0 Å². The second-order valence-corrected chi connectivity index (χ2v) is 5.71. The molecule has 110 valence electrons. The number of carbonyl (C=O) groups excluding carboxylic acids is 2. The number of carboxylic acids is 1. The molecule has 0 bridgehead atoms. The van der Waals surface area contributed by atoms with Gasteiger partial charge in [0.05, 0.1) is 23.2 Å². The zero-order chi connectivity index (χ0) is 15.9. The Morgan fingerprint density at radius 1 is 1.05 bits per heavy atom. The van der Waals surface area contributed by atoms with E-state index < -0.39 is 5.97 Å². The topological polar surface area (TPSA) is 74.7 Å². The minimum Gasteiger partial charge on any atom is -0.478 e. The van der Waals surface area contributed by atoms with E-state index >= 15 is 0 Å². The van der Waals surface area contributed by atoms with Crippen LogP contribution in [0.4, 0.5) is 0 Å². The van der Waals surface area contributed by atoms with Crippen molar-refractivity contribution in [2.75, 3.05) is 0 Å². The molecule has 22 heavy (non-hydrogen) atoms. The van der Waals surface area contributed by atoms with Crippen LogP contribution in [0, 0.1) is 0 Å². The summed E-state index contributed by atoms with van der Waals surface area (Å²) in [6, 6.07) is 11.2. The Morgan fingerprint density at radius 2 is 1.64 bits per heavy atom. The number of fused-ring (bicyclic) bond motifs is 1. The van der Waals surface area contributed by atoms with Crippen molar-refractivity contribution in [3.05, 3.63) is 69.2 Å². The molecule has 1 N–H and O–H groups in total. The Labute approximate surface area is 134 Å². The van der Waals surface area contributed by atoms with Crippen LogP contribution in [-0.2, 0) is 6.54 Å². The van der Waals surface area contributed by atoms with Crippen LogP contribution in [0.25, 0.3) is 0 Å². The first kappa shape index (κ1) is 14.5. The van der Waals surface area contributed by atoms with E-state index in [-0.39, 0.29) is 23.9 Å². The van der Waals surface area contributed by atoms with Crippen LogP contribution in [0.5, 0.6) is 0 Å². The Kier molecular flexibility index (Phi) is 3.54. The van der Waals surface area contributed by atoms with E-state index in [2.05, 4.69) is 15.9 Å². The first-order chi connectivity index (χ1) is 10.5. The van der Waals surface area contributed by atoms with Gasteiger partial charge in [-0.15, -0.1) is 0 Å². The van der Waals surface area contributed by atoms with E-state index in [9.17, 15) is 14.4 Å². The highest BCUT2D eigenvalue weighted by Gasteiger charge is 2.35. The second-order valence-electron chi connectivity index (χ2n) is 4.85. The van der Waals surface area contributed by atoms with Gasteiger partial charge >= 0.3 is 5.97 Å². The van der Waals surface area contributed by atoms with Crippen LogP contribution in [0.1, 0.15) is 36.6 Å². The summed E-state index contributed by atoms with van der Waals surface area (Å²) in [5.74, 6) is -1.71. The Morgan fingerprint density at radius 3 is 2.14 bits per heavy atom. The fourth-order valence-electron chi connectivity index (χ4n) is 2.36. The summed E-state index contributed by atoms with van der Waals surface area (Å²) < 4.78 is 0.545. The lowest BCUT2D eigenvalue weighted by Crippen LogP contribution is -2.29. The van der Waals surface area contributed by atoms with Crippen molar-refractivity contribution in [2.45, 2.75) is 6.54 Å². The van der Waals surface area contributed by atoms with Crippen molar-refractivity contribution in [2.24, 2.45) is 0 Å². The van der Waals surface area contributed by atoms with Gasteiger partial charge in [0.2, 0.25) is 0 Å². The number of imide groups is 1. The van der Waals surface area contributed by atoms with Gasteiger partial charge in [0.15, 0.2) is 0 Å². The monoisotopic (exact) mass is 359 g/mol. The van der Waals surface area contributed by atoms with Gasteiger partial charge in [0.25, 0.3) is 11.8 Å². The van der Waals surface area contributed by atoms with Gasteiger partial charge in [-0.2, -0.15) is 0 Å². The highest BCUT2D eigenvalue weighted by molar-refractivity contribution is 9.10. The lowest BCUT2D eigenvalue weighted by molar-refractivity contribution is 0.0638. The number of nitrogens with zero attached hydrogens (tertiary/aromatic N) is 1. The molecule has 0 spiro atoms. The lowest BCUT2D eigenvalue weighted by atomic mass is 10.1. The van der Waals surface area contributed by atoms with E-state index in [0.717, 1.165) is 4.90 Å². The molecule has 0 aromatic heterocycles. The number of halogens is 1. The van der Waals surface area contributed by atoms with E-state index in [4.69, 9.17) is 5.11 Å². The fraction of sp³-hybridized carbons (Fsp3) is 0.0625. The zero-order valence-corrected chi connectivity index (χ0v) is 12.8. The summed E-state index contributed by atoms with van der Waals surface area (Å²) in [4.78, 5) is 36.7. The first-order valence-electron chi connectivity index (χ1n) is 6.46. The lowest BCUT2D eigenvalue weighted by Gasteiger charge is -2.15. The largest absolute Gasteiger partial charge is 0.478 e. The minimum atomic E-state index is -1.03. The maximum atomic E-state index is 12.3. The summed E-state index contributed by atoms with van der Waals surface area (Å²) in [6.07, 6.45) is 0. The van der Waals surface area contributed by atoms with Gasteiger partial charge in [0, 0.05) is 4.47 Å². The summed E-state index contributed by atoms with van der Waals surface area (Å²) >= 11 is 3.29. The van der Waals surface area contributed by atoms with E-state index in [0.29, 0.717) is 21.2 Å². The molecular formula is C16H10BrNO4. The molecule has 1 aliphatic rings. The molecule has 0 unspecified atom stereocenters. The maximum Gasteiger partial charge on any atom is 0.335 e. The molecule has 2 aromatic rings. The van der Waals surface area contributed by atoms with Gasteiger partial charge in [-0.1, -0.05) is 34.1 Å². The van der Waals surface area contributed by atoms with Crippen LogP contribution in [0.2, 0.25) is 0 Å². The molecule has 0 atom stereocenters. The fourth-order valence-corrected chi connectivity index (χ4v) is 2.87. The zero-order valence-electron chi connectivity index (χ0n) is 11.2. The molecule has 6 heteroatoms. The highest BCUT2D eigenvalue weighted by atomic mass is 79.9. The smallest absolute Gasteiger partial charge is 0.335 e. The average Bonchev–Trinajstić information content (AvgIpc) is 2.74. The third-order valence-electron chi connectivity index (χ3n) is 3.51.